The summed E-state index contributed by atoms with van der Waals surface area (Å²) in [6.07, 6.45) is 9.24. The summed E-state index contributed by atoms with van der Waals surface area (Å²) in [7, 11) is 0. The van der Waals surface area contributed by atoms with Crippen LogP contribution in [-0.2, 0) is 13.0 Å². The molecule has 31 heavy (non-hydrogen) atoms. The van der Waals surface area contributed by atoms with Gasteiger partial charge in [0.1, 0.15) is 17.9 Å². The van der Waals surface area contributed by atoms with Gasteiger partial charge >= 0.3 is 0 Å². The highest BCUT2D eigenvalue weighted by Crippen LogP contribution is 2.33. The van der Waals surface area contributed by atoms with E-state index in [1.54, 1.807) is 40.1 Å². The maximum atomic E-state index is 14.5. The third-order valence-electron chi connectivity index (χ3n) is 5.20. The van der Waals surface area contributed by atoms with Crippen LogP contribution in [0.4, 0.5) is 16.2 Å². The molecule has 0 unspecified atom stereocenters. The normalized spacial score (nSPS) is 13.0. The second-order valence-corrected chi connectivity index (χ2v) is 6.94. The van der Waals surface area contributed by atoms with Crippen molar-refractivity contribution in [3.8, 4) is 16.9 Å². The van der Waals surface area contributed by atoms with Gasteiger partial charge in [0.15, 0.2) is 11.5 Å². The van der Waals surface area contributed by atoms with Crippen molar-refractivity contribution in [1.82, 2.24) is 29.4 Å². The minimum absolute atomic E-state index is 0.261. The van der Waals surface area contributed by atoms with E-state index >= 15 is 0 Å². The Bertz CT molecular complexity index is 1320. The van der Waals surface area contributed by atoms with E-state index in [0.717, 1.165) is 16.9 Å². The smallest absolute Gasteiger partial charge is 0.210 e. The van der Waals surface area contributed by atoms with Crippen molar-refractivity contribution in [2.24, 2.45) is 4.99 Å². The van der Waals surface area contributed by atoms with E-state index in [1.165, 1.54) is 6.07 Å². The van der Waals surface area contributed by atoms with Crippen LogP contribution in [0.25, 0.3) is 23.0 Å². The zero-order valence-corrected chi connectivity index (χ0v) is 16.8. The standard InChI is InChI=1S/C21H19FN8O/c1-3-7-30-19(23-2)16(11-27-30)15-10-25-21(29-12-26-28-20(15)29)24-9-14-13-6-8-31-18(13)5-4-17(14)22/h3-5,7,10-12H,2,6,8-9H2,1H3,(H,24,25)/b7-3-. The van der Waals surface area contributed by atoms with Gasteiger partial charge in [-0.2, -0.15) is 5.10 Å². The van der Waals surface area contributed by atoms with E-state index < -0.39 is 0 Å². The Balaban J connectivity index is 1.51. The van der Waals surface area contributed by atoms with Crippen molar-refractivity contribution in [1.29, 1.82) is 0 Å². The summed E-state index contributed by atoms with van der Waals surface area (Å²) in [6, 6.07) is 3.10. The van der Waals surface area contributed by atoms with Crippen LogP contribution in [-0.4, -0.2) is 42.7 Å². The maximum Gasteiger partial charge on any atom is 0.210 e. The topological polar surface area (TPSA) is 94.5 Å². The molecular formula is C21H19FN8O. The highest BCUT2D eigenvalue weighted by atomic mass is 19.1. The molecule has 4 aromatic rings. The van der Waals surface area contributed by atoms with Crippen LogP contribution < -0.4 is 10.1 Å². The van der Waals surface area contributed by atoms with E-state index in [-0.39, 0.29) is 12.4 Å². The SMILES string of the molecule is C=Nc1c(-c2cnc(NCc3c(F)ccc4c3CCO4)n3cnnc23)cnn1/C=C\C. The predicted molar refractivity (Wildman–Crippen MR) is 115 cm³/mol. The molecule has 0 saturated carbocycles. The third kappa shape index (κ3) is 3.12. The van der Waals surface area contributed by atoms with Crippen molar-refractivity contribution in [3.05, 3.63) is 53.9 Å². The van der Waals surface area contributed by atoms with Crippen LogP contribution in [0.2, 0.25) is 0 Å². The zero-order valence-electron chi connectivity index (χ0n) is 16.8. The van der Waals surface area contributed by atoms with Gasteiger partial charge in [-0.1, -0.05) is 6.08 Å². The number of nitrogens with zero attached hydrogens (tertiary/aromatic N) is 7. The molecule has 0 radical (unpaired) electrons. The lowest BCUT2D eigenvalue weighted by Crippen LogP contribution is -2.09. The van der Waals surface area contributed by atoms with E-state index in [0.29, 0.717) is 41.6 Å². The molecule has 4 heterocycles. The molecule has 10 heteroatoms. The molecule has 0 bridgehead atoms. The van der Waals surface area contributed by atoms with Crippen molar-refractivity contribution >= 4 is 30.3 Å². The summed E-state index contributed by atoms with van der Waals surface area (Å²) < 4.78 is 23.3. The number of aromatic nitrogens is 6. The Labute approximate surface area is 176 Å². The van der Waals surface area contributed by atoms with Gasteiger partial charge in [0.05, 0.1) is 23.9 Å². The molecule has 1 aromatic carbocycles. The quantitative estimate of drug-likeness (QED) is 0.482. The first kappa shape index (κ1) is 18.9. The predicted octanol–water partition coefficient (Wildman–Crippen LogP) is 3.50. The van der Waals surface area contributed by atoms with Crippen molar-refractivity contribution < 1.29 is 9.13 Å². The molecule has 156 valence electrons. The molecule has 0 aliphatic carbocycles. The van der Waals surface area contributed by atoms with Crippen LogP contribution in [0, 0.1) is 5.82 Å². The molecule has 1 N–H and O–H groups in total. The number of rotatable bonds is 6. The highest BCUT2D eigenvalue weighted by molar-refractivity contribution is 5.84. The summed E-state index contributed by atoms with van der Waals surface area (Å²) in [5, 5.41) is 15.8. The molecule has 0 saturated heterocycles. The fourth-order valence-corrected chi connectivity index (χ4v) is 3.77. The minimum atomic E-state index is -0.272. The lowest BCUT2D eigenvalue weighted by atomic mass is 10.0. The molecule has 0 atom stereocenters. The first-order valence-corrected chi connectivity index (χ1v) is 9.74. The molecule has 3 aromatic heterocycles. The minimum Gasteiger partial charge on any atom is -0.493 e. The number of benzene rings is 1. The lowest BCUT2D eigenvalue weighted by Gasteiger charge is -2.12. The number of fused-ring (bicyclic) bond motifs is 2. The first-order valence-electron chi connectivity index (χ1n) is 9.74. The Morgan fingerprint density at radius 2 is 2.23 bits per heavy atom. The maximum absolute atomic E-state index is 14.5. The van der Waals surface area contributed by atoms with Gasteiger partial charge in [0.25, 0.3) is 0 Å². The Hall–Kier alpha value is -4.08. The second-order valence-electron chi connectivity index (χ2n) is 6.94. The van der Waals surface area contributed by atoms with Gasteiger partial charge in [-0.25, -0.2) is 19.0 Å². The number of hydrogen-bond donors (Lipinski definition) is 1. The number of allylic oxidation sites excluding steroid dienone is 1. The van der Waals surface area contributed by atoms with Crippen LogP contribution in [0.1, 0.15) is 18.1 Å². The Morgan fingerprint density at radius 3 is 3.06 bits per heavy atom. The molecule has 0 amide bonds. The molecule has 0 fully saturated rings. The molecule has 9 nitrogen and oxygen atoms in total. The van der Waals surface area contributed by atoms with E-state index in [2.05, 4.69) is 37.3 Å². The largest absolute Gasteiger partial charge is 0.493 e. The van der Waals surface area contributed by atoms with Gasteiger partial charge in [-0.3, -0.25) is 4.40 Å². The van der Waals surface area contributed by atoms with E-state index in [1.807, 2.05) is 13.0 Å². The van der Waals surface area contributed by atoms with Gasteiger partial charge in [0.2, 0.25) is 5.95 Å². The summed E-state index contributed by atoms with van der Waals surface area (Å²) in [5.74, 6) is 1.53. The molecule has 1 aliphatic heterocycles. The van der Waals surface area contributed by atoms with Crippen LogP contribution >= 0.6 is 0 Å². The van der Waals surface area contributed by atoms with Crippen LogP contribution in [0.5, 0.6) is 5.75 Å². The number of nitrogens with one attached hydrogen (secondary N) is 1. The summed E-state index contributed by atoms with van der Waals surface area (Å²) in [5.41, 5.74) is 3.48. The van der Waals surface area contributed by atoms with Gasteiger partial charge in [-0.15, -0.1) is 10.2 Å². The highest BCUT2D eigenvalue weighted by Gasteiger charge is 2.21. The number of halogens is 1. The average molecular weight is 418 g/mol. The monoisotopic (exact) mass is 418 g/mol. The van der Waals surface area contributed by atoms with Crippen molar-refractivity contribution in [2.45, 2.75) is 19.9 Å². The van der Waals surface area contributed by atoms with E-state index in [9.17, 15) is 4.39 Å². The van der Waals surface area contributed by atoms with E-state index in [4.69, 9.17) is 4.74 Å². The first-order chi connectivity index (χ1) is 15.2. The zero-order chi connectivity index (χ0) is 21.4. The second kappa shape index (κ2) is 7.63. The number of ether oxygens (including phenoxy) is 1. The molecular weight excluding hydrogens is 399 g/mol. The summed E-state index contributed by atoms with van der Waals surface area (Å²) >= 11 is 0. The molecule has 5 rings (SSSR count). The number of anilines is 1. The van der Waals surface area contributed by atoms with Gasteiger partial charge < -0.3 is 10.1 Å². The average Bonchev–Trinajstić information content (AvgIpc) is 3.52. The fraction of sp³-hybridized carbons (Fsp3) is 0.190. The van der Waals surface area contributed by atoms with Crippen molar-refractivity contribution in [2.75, 3.05) is 11.9 Å². The van der Waals surface area contributed by atoms with Gasteiger partial charge in [-0.05, 0) is 25.8 Å². The number of aliphatic imine (C=N–C) groups is 1. The summed E-state index contributed by atoms with van der Waals surface area (Å²) in [4.78, 5) is 8.63. The molecule has 0 spiro atoms. The Kier molecular flexibility index (Phi) is 4.66. The van der Waals surface area contributed by atoms with Crippen molar-refractivity contribution in [3.63, 3.8) is 0 Å². The third-order valence-corrected chi connectivity index (χ3v) is 5.20. The summed E-state index contributed by atoms with van der Waals surface area (Å²) in [6.45, 7) is 6.37. The van der Waals surface area contributed by atoms with Crippen LogP contribution in [0.15, 0.2) is 41.9 Å². The number of hydrogen-bond acceptors (Lipinski definition) is 7. The molecule has 1 aliphatic rings. The Morgan fingerprint density at radius 1 is 1.32 bits per heavy atom. The van der Waals surface area contributed by atoms with Crippen LogP contribution in [0.3, 0.4) is 0 Å². The lowest BCUT2D eigenvalue weighted by molar-refractivity contribution is 0.356. The van der Waals surface area contributed by atoms with Gasteiger partial charge in [0, 0.05) is 36.5 Å². The fourth-order valence-electron chi connectivity index (χ4n) is 3.77.